The van der Waals surface area contributed by atoms with E-state index in [1.54, 1.807) is 0 Å². The monoisotopic (exact) mass is 361 g/mol. The SMILES string of the molecule is CCc1ccccc1Nc1cc(-c2ccccc2)nc(NCCN(C)C)n1. The lowest BCUT2D eigenvalue weighted by Crippen LogP contribution is -2.21. The Kier molecular flexibility index (Phi) is 6.39. The van der Waals surface area contributed by atoms with Crippen molar-refractivity contribution in [1.29, 1.82) is 0 Å². The molecule has 3 rings (SSSR count). The van der Waals surface area contributed by atoms with Crippen molar-refractivity contribution in [2.75, 3.05) is 37.8 Å². The van der Waals surface area contributed by atoms with Crippen molar-refractivity contribution in [3.63, 3.8) is 0 Å². The highest BCUT2D eigenvalue weighted by molar-refractivity contribution is 5.68. The first-order chi connectivity index (χ1) is 13.2. The van der Waals surface area contributed by atoms with Crippen molar-refractivity contribution in [2.24, 2.45) is 0 Å². The van der Waals surface area contributed by atoms with Crippen LogP contribution >= 0.6 is 0 Å². The number of hydrogen-bond donors (Lipinski definition) is 2. The van der Waals surface area contributed by atoms with Crippen LogP contribution < -0.4 is 10.6 Å². The van der Waals surface area contributed by atoms with E-state index in [-0.39, 0.29) is 0 Å². The standard InChI is InChI=1S/C22H27N5/c1-4-17-10-8-9-13-19(17)24-21-16-20(18-11-6-5-7-12-18)25-22(26-21)23-14-15-27(2)3/h5-13,16H,4,14-15H2,1-3H3,(H2,23,24,25,26). The molecule has 5 heteroatoms. The van der Waals surface area contributed by atoms with Gasteiger partial charge in [0, 0.05) is 30.4 Å². The second-order valence-corrected chi connectivity index (χ2v) is 6.69. The van der Waals surface area contributed by atoms with E-state index in [9.17, 15) is 0 Å². The Labute approximate surface area is 161 Å². The average Bonchev–Trinajstić information content (AvgIpc) is 2.69. The fourth-order valence-corrected chi connectivity index (χ4v) is 2.83. The average molecular weight is 361 g/mol. The molecule has 2 aromatic carbocycles. The van der Waals surface area contributed by atoms with Crippen LogP contribution in [0.5, 0.6) is 0 Å². The molecule has 0 atom stereocenters. The number of para-hydroxylation sites is 1. The third-order valence-electron chi connectivity index (χ3n) is 4.30. The lowest BCUT2D eigenvalue weighted by molar-refractivity contribution is 0.425. The molecular formula is C22H27N5. The first-order valence-corrected chi connectivity index (χ1v) is 9.33. The molecule has 0 saturated heterocycles. The zero-order valence-electron chi connectivity index (χ0n) is 16.2. The predicted octanol–water partition coefficient (Wildman–Crippen LogP) is 4.42. The number of likely N-dealkylation sites (N-methyl/N-ethyl adjacent to an activating group) is 1. The Morgan fingerprint density at radius 1 is 0.926 bits per heavy atom. The molecule has 2 N–H and O–H groups in total. The second-order valence-electron chi connectivity index (χ2n) is 6.69. The molecule has 0 aliphatic rings. The van der Waals surface area contributed by atoms with E-state index in [2.05, 4.69) is 71.9 Å². The summed E-state index contributed by atoms with van der Waals surface area (Å²) in [4.78, 5) is 11.5. The number of anilines is 3. The number of rotatable bonds is 8. The maximum Gasteiger partial charge on any atom is 0.225 e. The normalized spacial score (nSPS) is 10.8. The Morgan fingerprint density at radius 2 is 1.67 bits per heavy atom. The van der Waals surface area contributed by atoms with Crippen molar-refractivity contribution < 1.29 is 0 Å². The van der Waals surface area contributed by atoms with E-state index >= 15 is 0 Å². The first kappa shape index (κ1) is 18.9. The minimum atomic E-state index is 0.634. The number of benzene rings is 2. The zero-order valence-corrected chi connectivity index (χ0v) is 16.2. The van der Waals surface area contributed by atoms with Gasteiger partial charge in [0.15, 0.2) is 0 Å². The van der Waals surface area contributed by atoms with Gasteiger partial charge in [-0.05, 0) is 32.1 Å². The lowest BCUT2D eigenvalue weighted by atomic mass is 10.1. The van der Waals surface area contributed by atoms with Crippen LogP contribution in [0.3, 0.4) is 0 Å². The summed E-state index contributed by atoms with van der Waals surface area (Å²) in [5, 5.41) is 6.81. The molecule has 1 aromatic heterocycles. The van der Waals surface area contributed by atoms with Gasteiger partial charge in [-0.1, -0.05) is 55.5 Å². The smallest absolute Gasteiger partial charge is 0.225 e. The highest BCUT2D eigenvalue weighted by atomic mass is 15.2. The van der Waals surface area contributed by atoms with Gasteiger partial charge in [-0.15, -0.1) is 0 Å². The van der Waals surface area contributed by atoms with Crippen molar-refractivity contribution in [3.8, 4) is 11.3 Å². The Hall–Kier alpha value is -2.92. The highest BCUT2D eigenvalue weighted by Gasteiger charge is 2.08. The molecule has 0 radical (unpaired) electrons. The molecular weight excluding hydrogens is 334 g/mol. The van der Waals surface area contributed by atoms with E-state index in [4.69, 9.17) is 4.98 Å². The number of aryl methyl sites for hydroxylation is 1. The van der Waals surface area contributed by atoms with E-state index in [0.717, 1.165) is 42.3 Å². The van der Waals surface area contributed by atoms with Crippen molar-refractivity contribution in [2.45, 2.75) is 13.3 Å². The topological polar surface area (TPSA) is 53.1 Å². The van der Waals surface area contributed by atoms with Gasteiger partial charge in [0.25, 0.3) is 0 Å². The van der Waals surface area contributed by atoms with E-state index in [1.807, 2.05) is 30.3 Å². The molecule has 1 heterocycles. The summed E-state index contributed by atoms with van der Waals surface area (Å²) in [6.45, 7) is 3.86. The Morgan fingerprint density at radius 3 is 2.41 bits per heavy atom. The van der Waals surface area contributed by atoms with Gasteiger partial charge in [0.05, 0.1) is 5.69 Å². The quantitative estimate of drug-likeness (QED) is 0.622. The molecule has 0 saturated carbocycles. The summed E-state index contributed by atoms with van der Waals surface area (Å²) in [5.41, 5.74) is 4.31. The van der Waals surface area contributed by atoms with Crippen molar-refractivity contribution >= 4 is 17.5 Å². The van der Waals surface area contributed by atoms with Gasteiger partial charge >= 0.3 is 0 Å². The van der Waals surface area contributed by atoms with Crippen molar-refractivity contribution in [3.05, 3.63) is 66.2 Å². The van der Waals surface area contributed by atoms with E-state index < -0.39 is 0 Å². The minimum Gasteiger partial charge on any atom is -0.353 e. The van der Waals surface area contributed by atoms with Crippen LogP contribution in [0.25, 0.3) is 11.3 Å². The van der Waals surface area contributed by atoms with Gasteiger partial charge in [0.1, 0.15) is 5.82 Å². The molecule has 0 spiro atoms. The van der Waals surface area contributed by atoms with Gasteiger partial charge in [0.2, 0.25) is 5.95 Å². The van der Waals surface area contributed by atoms with Crippen LogP contribution in [0.4, 0.5) is 17.5 Å². The molecule has 0 aliphatic heterocycles. The van der Waals surface area contributed by atoms with Crippen LogP contribution in [0, 0.1) is 0 Å². The maximum atomic E-state index is 4.70. The summed E-state index contributed by atoms with van der Waals surface area (Å²) < 4.78 is 0. The van der Waals surface area contributed by atoms with Crippen LogP contribution in [0.15, 0.2) is 60.7 Å². The molecule has 27 heavy (non-hydrogen) atoms. The molecule has 3 aromatic rings. The second kappa shape index (κ2) is 9.14. The molecule has 5 nitrogen and oxygen atoms in total. The lowest BCUT2D eigenvalue weighted by Gasteiger charge is -2.14. The number of nitrogens with zero attached hydrogens (tertiary/aromatic N) is 3. The summed E-state index contributed by atoms with van der Waals surface area (Å²) in [7, 11) is 4.11. The van der Waals surface area contributed by atoms with Gasteiger partial charge in [-0.25, -0.2) is 4.98 Å². The Bertz CT molecular complexity index is 862. The predicted molar refractivity (Wildman–Crippen MR) is 114 cm³/mol. The highest BCUT2D eigenvalue weighted by Crippen LogP contribution is 2.25. The van der Waals surface area contributed by atoms with Crippen molar-refractivity contribution in [1.82, 2.24) is 14.9 Å². The van der Waals surface area contributed by atoms with Crippen LogP contribution in [-0.2, 0) is 6.42 Å². The molecule has 0 amide bonds. The molecule has 140 valence electrons. The van der Waals surface area contributed by atoms with Crippen LogP contribution in [-0.4, -0.2) is 42.1 Å². The number of nitrogens with one attached hydrogen (secondary N) is 2. The summed E-state index contributed by atoms with van der Waals surface area (Å²) in [5.74, 6) is 1.42. The van der Waals surface area contributed by atoms with E-state index in [1.165, 1.54) is 5.56 Å². The third-order valence-corrected chi connectivity index (χ3v) is 4.30. The number of aromatic nitrogens is 2. The van der Waals surface area contributed by atoms with Gasteiger partial charge < -0.3 is 15.5 Å². The third kappa shape index (κ3) is 5.28. The summed E-state index contributed by atoms with van der Waals surface area (Å²) in [6, 6.07) is 20.5. The fourth-order valence-electron chi connectivity index (χ4n) is 2.83. The van der Waals surface area contributed by atoms with Crippen LogP contribution in [0.1, 0.15) is 12.5 Å². The van der Waals surface area contributed by atoms with Gasteiger partial charge in [-0.2, -0.15) is 4.98 Å². The Balaban J connectivity index is 1.91. The van der Waals surface area contributed by atoms with Gasteiger partial charge in [-0.3, -0.25) is 0 Å². The fraction of sp³-hybridized carbons (Fsp3) is 0.273. The summed E-state index contributed by atoms with van der Waals surface area (Å²) in [6.07, 6.45) is 0.966. The molecule has 0 aliphatic carbocycles. The molecule has 0 bridgehead atoms. The van der Waals surface area contributed by atoms with Crippen LogP contribution in [0.2, 0.25) is 0 Å². The summed E-state index contributed by atoms with van der Waals surface area (Å²) >= 11 is 0. The molecule has 0 unspecified atom stereocenters. The minimum absolute atomic E-state index is 0.634. The molecule has 0 fully saturated rings. The first-order valence-electron chi connectivity index (χ1n) is 9.33. The zero-order chi connectivity index (χ0) is 19.1. The number of hydrogen-bond acceptors (Lipinski definition) is 5. The van der Waals surface area contributed by atoms with E-state index in [0.29, 0.717) is 5.95 Å². The largest absolute Gasteiger partial charge is 0.353 e. The maximum absolute atomic E-state index is 4.70.